The lowest BCUT2D eigenvalue weighted by atomic mass is 10.2. The van der Waals surface area contributed by atoms with Gasteiger partial charge in [-0.2, -0.15) is 0 Å². The van der Waals surface area contributed by atoms with E-state index in [1.165, 1.54) is 15.3 Å². The van der Waals surface area contributed by atoms with E-state index in [2.05, 4.69) is 37.4 Å². The Morgan fingerprint density at radius 1 is 1.14 bits per heavy atom. The van der Waals surface area contributed by atoms with Crippen LogP contribution in [0.1, 0.15) is 35.6 Å². The quantitative estimate of drug-likeness (QED) is 0.687. The fourth-order valence-corrected chi connectivity index (χ4v) is 3.15. The number of thiophene rings is 1. The Morgan fingerprint density at radius 2 is 1.95 bits per heavy atom. The second kappa shape index (κ2) is 8.42. The first kappa shape index (κ1) is 16.3. The Morgan fingerprint density at radius 3 is 2.62 bits per heavy atom. The standard InChI is InChI=1S/C17H22ClNOS/c1-3-9-19-11-13-5-8-17(16(18)10-13)20-12-15-7-6-14(4-2)21-15/h5-8,10,19H,3-4,9,11-12H2,1-2H3. The predicted octanol–water partition coefficient (Wildman–Crippen LogP) is 5.04. The zero-order chi connectivity index (χ0) is 15.1. The predicted molar refractivity (Wildman–Crippen MR) is 91.5 cm³/mol. The van der Waals surface area contributed by atoms with Crippen LogP contribution in [0.4, 0.5) is 0 Å². The Kier molecular flexibility index (Phi) is 6.55. The van der Waals surface area contributed by atoms with Crippen molar-refractivity contribution >= 4 is 22.9 Å². The van der Waals surface area contributed by atoms with Crippen molar-refractivity contribution < 1.29 is 4.74 Å². The molecule has 0 fully saturated rings. The summed E-state index contributed by atoms with van der Waals surface area (Å²) in [6.45, 7) is 6.77. The van der Waals surface area contributed by atoms with Crippen molar-refractivity contribution in [3.8, 4) is 5.75 Å². The van der Waals surface area contributed by atoms with Gasteiger partial charge in [0, 0.05) is 16.3 Å². The third kappa shape index (κ3) is 5.03. The molecular weight excluding hydrogens is 302 g/mol. The summed E-state index contributed by atoms with van der Waals surface area (Å²) in [7, 11) is 0. The van der Waals surface area contributed by atoms with Crippen molar-refractivity contribution in [2.24, 2.45) is 0 Å². The Balaban J connectivity index is 1.91. The molecule has 1 aromatic carbocycles. The van der Waals surface area contributed by atoms with Crippen LogP contribution in [0.3, 0.4) is 0 Å². The highest BCUT2D eigenvalue weighted by molar-refractivity contribution is 7.11. The lowest BCUT2D eigenvalue weighted by Gasteiger charge is -2.09. The van der Waals surface area contributed by atoms with Crippen LogP contribution in [0.15, 0.2) is 30.3 Å². The third-order valence-corrected chi connectivity index (χ3v) is 4.69. The van der Waals surface area contributed by atoms with Gasteiger partial charge in [0.2, 0.25) is 0 Å². The van der Waals surface area contributed by atoms with Gasteiger partial charge in [0.05, 0.1) is 5.02 Å². The summed E-state index contributed by atoms with van der Waals surface area (Å²) in [5.74, 6) is 0.752. The fourth-order valence-electron chi connectivity index (χ4n) is 2.02. The highest BCUT2D eigenvalue weighted by Crippen LogP contribution is 2.27. The molecule has 0 spiro atoms. The number of aryl methyl sites for hydroxylation is 1. The second-order valence-corrected chi connectivity index (χ2v) is 6.61. The minimum atomic E-state index is 0.581. The van der Waals surface area contributed by atoms with Gasteiger partial charge in [-0.15, -0.1) is 11.3 Å². The van der Waals surface area contributed by atoms with Crippen molar-refractivity contribution in [2.45, 2.75) is 39.8 Å². The van der Waals surface area contributed by atoms with Crippen molar-refractivity contribution in [1.29, 1.82) is 0 Å². The number of ether oxygens (including phenoxy) is 1. The van der Waals surface area contributed by atoms with E-state index in [1.54, 1.807) is 11.3 Å². The van der Waals surface area contributed by atoms with E-state index in [1.807, 2.05) is 12.1 Å². The van der Waals surface area contributed by atoms with Crippen LogP contribution in [0.25, 0.3) is 0 Å². The minimum Gasteiger partial charge on any atom is -0.487 e. The van der Waals surface area contributed by atoms with Crippen LogP contribution in [-0.2, 0) is 19.6 Å². The molecule has 0 amide bonds. The summed E-state index contributed by atoms with van der Waals surface area (Å²) in [4.78, 5) is 2.62. The lowest BCUT2D eigenvalue weighted by molar-refractivity contribution is 0.310. The molecule has 4 heteroatoms. The normalized spacial score (nSPS) is 10.8. The van der Waals surface area contributed by atoms with Gasteiger partial charge in [0.25, 0.3) is 0 Å². The minimum absolute atomic E-state index is 0.581. The molecule has 0 unspecified atom stereocenters. The van der Waals surface area contributed by atoms with Crippen molar-refractivity contribution in [2.75, 3.05) is 6.54 Å². The molecule has 21 heavy (non-hydrogen) atoms. The van der Waals surface area contributed by atoms with E-state index < -0.39 is 0 Å². The van der Waals surface area contributed by atoms with E-state index >= 15 is 0 Å². The Labute approximate surface area is 136 Å². The molecule has 0 bridgehead atoms. The van der Waals surface area contributed by atoms with Crippen molar-refractivity contribution in [1.82, 2.24) is 5.32 Å². The van der Waals surface area contributed by atoms with Gasteiger partial charge in [-0.1, -0.05) is 31.5 Å². The molecular formula is C17H22ClNOS. The van der Waals surface area contributed by atoms with E-state index in [-0.39, 0.29) is 0 Å². The van der Waals surface area contributed by atoms with Crippen LogP contribution < -0.4 is 10.1 Å². The van der Waals surface area contributed by atoms with Gasteiger partial charge < -0.3 is 10.1 Å². The van der Waals surface area contributed by atoms with E-state index in [0.717, 1.165) is 31.7 Å². The van der Waals surface area contributed by atoms with Gasteiger partial charge in [-0.05, 0) is 49.2 Å². The molecule has 0 aliphatic rings. The van der Waals surface area contributed by atoms with Gasteiger partial charge in [0.15, 0.2) is 0 Å². The van der Waals surface area contributed by atoms with Crippen LogP contribution in [0.2, 0.25) is 5.02 Å². The molecule has 0 aliphatic carbocycles. The number of hydrogen-bond donors (Lipinski definition) is 1. The van der Waals surface area contributed by atoms with Gasteiger partial charge in [0.1, 0.15) is 12.4 Å². The Hall–Kier alpha value is -1.03. The maximum Gasteiger partial charge on any atom is 0.138 e. The largest absolute Gasteiger partial charge is 0.487 e. The number of hydrogen-bond acceptors (Lipinski definition) is 3. The molecule has 2 nitrogen and oxygen atoms in total. The summed E-state index contributed by atoms with van der Waals surface area (Å²) >= 11 is 8.09. The van der Waals surface area contributed by atoms with Gasteiger partial charge in [-0.25, -0.2) is 0 Å². The first-order valence-corrected chi connectivity index (χ1v) is 8.62. The van der Waals surface area contributed by atoms with Gasteiger partial charge in [-0.3, -0.25) is 0 Å². The van der Waals surface area contributed by atoms with Crippen LogP contribution in [0, 0.1) is 0 Å². The SMILES string of the molecule is CCCNCc1ccc(OCc2ccc(CC)s2)c(Cl)c1. The average Bonchev–Trinajstić information content (AvgIpc) is 2.95. The Bertz CT molecular complexity index is 568. The topological polar surface area (TPSA) is 21.3 Å². The maximum absolute atomic E-state index is 6.29. The summed E-state index contributed by atoms with van der Waals surface area (Å²) in [5, 5.41) is 4.05. The van der Waals surface area contributed by atoms with Crippen molar-refractivity contribution in [3.05, 3.63) is 50.7 Å². The van der Waals surface area contributed by atoms with Crippen molar-refractivity contribution in [3.63, 3.8) is 0 Å². The lowest BCUT2D eigenvalue weighted by Crippen LogP contribution is -2.13. The fraction of sp³-hybridized carbons (Fsp3) is 0.412. The van der Waals surface area contributed by atoms with Gasteiger partial charge >= 0.3 is 0 Å². The van der Waals surface area contributed by atoms with E-state index in [9.17, 15) is 0 Å². The number of halogens is 1. The molecule has 1 aromatic heterocycles. The van der Waals surface area contributed by atoms with Crippen LogP contribution in [-0.4, -0.2) is 6.54 Å². The van der Waals surface area contributed by atoms with E-state index in [0.29, 0.717) is 11.6 Å². The molecule has 2 aromatic rings. The van der Waals surface area contributed by atoms with E-state index in [4.69, 9.17) is 16.3 Å². The molecule has 0 atom stereocenters. The first-order chi connectivity index (χ1) is 10.2. The molecule has 0 saturated heterocycles. The molecule has 1 N–H and O–H groups in total. The molecule has 0 saturated carbocycles. The summed E-state index contributed by atoms with van der Waals surface area (Å²) in [6, 6.07) is 10.3. The maximum atomic E-state index is 6.29. The molecule has 1 heterocycles. The molecule has 2 rings (SSSR count). The molecule has 0 aliphatic heterocycles. The number of nitrogens with one attached hydrogen (secondary N) is 1. The monoisotopic (exact) mass is 323 g/mol. The summed E-state index contributed by atoms with van der Waals surface area (Å²) < 4.78 is 5.82. The highest BCUT2D eigenvalue weighted by Gasteiger charge is 2.05. The third-order valence-electron chi connectivity index (χ3n) is 3.19. The highest BCUT2D eigenvalue weighted by atomic mass is 35.5. The summed E-state index contributed by atoms with van der Waals surface area (Å²) in [6.07, 6.45) is 2.21. The average molecular weight is 324 g/mol. The smallest absolute Gasteiger partial charge is 0.138 e. The molecule has 114 valence electrons. The van der Waals surface area contributed by atoms with Crippen LogP contribution >= 0.6 is 22.9 Å². The zero-order valence-corrected chi connectivity index (χ0v) is 14.2. The number of rotatable bonds is 8. The number of benzene rings is 1. The summed E-state index contributed by atoms with van der Waals surface area (Å²) in [5.41, 5.74) is 1.19. The first-order valence-electron chi connectivity index (χ1n) is 7.42. The second-order valence-electron chi connectivity index (χ2n) is 4.95. The molecule has 0 radical (unpaired) electrons. The van der Waals surface area contributed by atoms with Crippen LogP contribution in [0.5, 0.6) is 5.75 Å². The zero-order valence-electron chi connectivity index (χ0n) is 12.6.